The third-order valence-corrected chi connectivity index (χ3v) is 3.44. The van der Waals surface area contributed by atoms with Crippen molar-refractivity contribution in [3.63, 3.8) is 0 Å². The maximum atomic E-state index is 11.8. The van der Waals surface area contributed by atoms with Crippen molar-refractivity contribution in [2.24, 2.45) is 0 Å². The lowest BCUT2D eigenvalue weighted by Crippen LogP contribution is -2.21. The maximum Gasteiger partial charge on any atom is 0.310 e. The summed E-state index contributed by atoms with van der Waals surface area (Å²) in [4.78, 5) is 23.5. The molecule has 0 saturated heterocycles. The molecular weight excluding hydrogens is 302 g/mol. The van der Waals surface area contributed by atoms with E-state index in [1.165, 1.54) is 0 Å². The van der Waals surface area contributed by atoms with Gasteiger partial charge in [-0.05, 0) is 30.2 Å². The summed E-state index contributed by atoms with van der Waals surface area (Å²) in [6.07, 6.45) is 0.145. The molecule has 2 aromatic carbocycles. The van der Waals surface area contributed by atoms with Gasteiger partial charge in [-0.2, -0.15) is 0 Å². The van der Waals surface area contributed by atoms with E-state index in [0.29, 0.717) is 10.7 Å². The molecule has 4 nitrogen and oxygen atoms in total. The Kier molecular flexibility index (Phi) is 5.55. The number of carbonyl (C=O) groups is 2. The topological polar surface area (TPSA) is 55.4 Å². The molecule has 1 amide bonds. The molecule has 0 spiro atoms. The molecule has 2 aromatic rings. The van der Waals surface area contributed by atoms with Crippen molar-refractivity contribution < 1.29 is 14.3 Å². The van der Waals surface area contributed by atoms with Crippen molar-refractivity contribution in [1.82, 2.24) is 0 Å². The summed E-state index contributed by atoms with van der Waals surface area (Å²) in [6.45, 7) is 1.59. The monoisotopic (exact) mass is 317 g/mol. The van der Waals surface area contributed by atoms with Crippen LogP contribution in [-0.4, -0.2) is 18.5 Å². The van der Waals surface area contributed by atoms with Gasteiger partial charge in [-0.1, -0.05) is 48.0 Å². The fraction of sp³-hybridized carbons (Fsp3) is 0.176. The zero-order chi connectivity index (χ0) is 15.9. The number of aryl methyl sites for hydroxylation is 1. The van der Waals surface area contributed by atoms with Gasteiger partial charge in [0.25, 0.3) is 5.91 Å². The Bertz CT molecular complexity index is 626. The van der Waals surface area contributed by atoms with Crippen molar-refractivity contribution in [2.45, 2.75) is 13.3 Å². The predicted octanol–water partition coefficient (Wildman–Crippen LogP) is 3.37. The summed E-state index contributed by atoms with van der Waals surface area (Å²) in [7, 11) is 0. The van der Waals surface area contributed by atoms with Crippen molar-refractivity contribution in [1.29, 1.82) is 0 Å². The van der Waals surface area contributed by atoms with Gasteiger partial charge in [0.2, 0.25) is 0 Å². The van der Waals surface area contributed by atoms with E-state index in [1.807, 2.05) is 31.2 Å². The number of amides is 1. The molecule has 2 rings (SSSR count). The van der Waals surface area contributed by atoms with Crippen LogP contribution in [0.2, 0.25) is 5.02 Å². The molecule has 0 aliphatic heterocycles. The second-order valence-electron chi connectivity index (χ2n) is 4.79. The maximum absolute atomic E-state index is 11.8. The van der Waals surface area contributed by atoms with Crippen molar-refractivity contribution in [2.75, 3.05) is 11.9 Å². The number of para-hydroxylation sites is 1. The van der Waals surface area contributed by atoms with E-state index in [4.69, 9.17) is 16.3 Å². The predicted molar refractivity (Wildman–Crippen MR) is 85.9 cm³/mol. The zero-order valence-electron chi connectivity index (χ0n) is 12.1. The zero-order valence-corrected chi connectivity index (χ0v) is 12.9. The first-order valence-electron chi connectivity index (χ1n) is 6.81. The third kappa shape index (κ3) is 4.60. The number of halogens is 1. The highest BCUT2D eigenvalue weighted by Gasteiger charge is 2.11. The van der Waals surface area contributed by atoms with Crippen LogP contribution in [0.25, 0.3) is 0 Å². The average molecular weight is 318 g/mol. The SMILES string of the molecule is Cc1ccccc1CC(=O)OCC(=O)Nc1ccccc1Cl. The van der Waals surface area contributed by atoms with Crippen molar-refractivity contribution in [3.8, 4) is 0 Å². The van der Waals surface area contributed by atoms with Crippen LogP contribution in [0, 0.1) is 6.92 Å². The molecule has 0 saturated carbocycles. The highest BCUT2D eigenvalue weighted by molar-refractivity contribution is 6.33. The Hall–Kier alpha value is -2.33. The molecule has 5 heteroatoms. The second kappa shape index (κ2) is 7.61. The van der Waals surface area contributed by atoms with E-state index in [9.17, 15) is 9.59 Å². The largest absolute Gasteiger partial charge is 0.455 e. The Balaban J connectivity index is 1.82. The number of hydrogen-bond donors (Lipinski definition) is 1. The van der Waals surface area contributed by atoms with Crippen LogP contribution in [0.3, 0.4) is 0 Å². The highest BCUT2D eigenvalue weighted by atomic mass is 35.5. The van der Waals surface area contributed by atoms with Crippen LogP contribution in [0.5, 0.6) is 0 Å². The van der Waals surface area contributed by atoms with Crippen LogP contribution < -0.4 is 5.32 Å². The summed E-state index contributed by atoms with van der Waals surface area (Å²) in [5.74, 6) is -0.866. The minimum atomic E-state index is -0.441. The highest BCUT2D eigenvalue weighted by Crippen LogP contribution is 2.20. The van der Waals surface area contributed by atoms with Crippen LogP contribution in [0.1, 0.15) is 11.1 Å². The van der Waals surface area contributed by atoms with E-state index in [0.717, 1.165) is 11.1 Å². The molecule has 0 aliphatic rings. The number of anilines is 1. The molecule has 0 radical (unpaired) electrons. The Morgan fingerprint density at radius 3 is 2.50 bits per heavy atom. The fourth-order valence-corrected chi connectivity index (χ4v) is 2.09. The summed E-state index contributed by atoms with van der Waals surface area (Å²) >= 11 is 5.93. The van der Waals surface area contributed by atoms with Gasteiger partial charge in [0.15, 0.2) is 6.61 Å². The first-order valence-corrected chi connectivity index (χ1v) is 7.18. The van der Waals surface area contributed by atoms with Gasteiger partial charge in [-0.3, -0.25) is 9.59 Å². The number of nitrogens with one attached hydrogen (secondary N) is 1. The molecule has 0 unspecified atom stereocenters. The summed E-state index contributed by atoms with van der Waals surface area (Å²) in [6, 6.07) is 14.4. The number of carbonyl (C=O) groups excluding carboxylic acids is 2. The first kappa shape index (κ1) is 16.0. The lowest BCUT2D eigenvalue weighted by Gasteiger charge is -2.08. The molecular formula is C17H16ClNO3. The Morgan fingerprint density at radius 1 is 1.09 bits per heavy atom. The van der Waals surface area contributed by atoms with Crippen LogP contribution in [0.4, 0.5) is 5.69 Å². The number of esters is 1. The number of rotatable bonds is 5. The van der Waals surface area contributed by atoms with Crippen molar-refractivity contribution in [3.05, 3.63) is 64.7 Å². The lowest BCUT2D eigenvalue weighted by molar-refractivity contribution is -0.146. The summed E-state index contributed by atoms with van der Waals surface area (Å²) in [5.41, 5.74) is 2.39. The molecule has 0 atom stereocenters. The van der Waals surface area contributed by atoms with Gasteiger partial charge in [-0.15, -0.1) is 0 Å². The molecule has 1 N–H and O–H groups in total. The van der Waals surface area contributed by atoms with Gasteiger partial charge in [-0.25, -0.2) is 0 Å². The summed E-state index contributed by atoms with van der Waals surface area (Å²) < 4.78 is 4.98. The smallest absolute Gasteiger partial charge is 0.310 e. The molecule has 0 fully saturated rings. The first-order chi connectivity index (χ1) is 10.6. The number of ether oxygens (including phenoxy) is 1. The van der Waals surface area contributed by atoms with Gasteiger partial charge in [0.1, 0.15) is 0 Å². The van der Waals surface area contributed by atoms with E-state index >= 15 is 0 Å². The van der Waals surface area contributed by atoms with Gasteiger partial charge >= 0.3 is 5.97 Å². The minimum Gasteiger partial charge on any atom is -0.455 e. The quantitative estimate of drug-likeness (QED) is 0.860. The molecule has 0 bridgehead atoms. The minimum absolute atomic E-state index is 0.145. The molecule has 22 heavy (non-hydrogen) atoms. The van der Waals surface area contributed by atoms with E-state index in [-0.39, 0.29) is 13.0 Å². The molecule has 0 aliphatic carbocycles. The van der Waals surface area contributed by atoms with Crippen molar-refractivity contribution >= 4 is 29.2 Å². The number of benzene rings is 2. The average Bonchev–Trinajstić information content (AvgIpc) is 2.50. The second-order valence-corrected chi connectivity index (χ2v) is 5.20. The molecule has 114 valence electrons. The summed E-state index contributed by atoms with van der Waals surface area (Å²) in [5, 5.41) is 3.03. The standard InChI is InChI=1S/C17H16ClNO3/c1-12-6-2-3-7-13(12)10-17(21)22-11-16(20)19-15-9-5-4-8-14(15)18/h2-9H,10-11H2,1H3,(H,19,20). The van der Waals surface area contributed by atoms with Gasteiger partial charge < -0.3 is 10.1 Å². The fourth-order valence-electron chi connectivity index (χ4n) is 1.91. The van der Waals surface area contributed by atoms with E-state index < -0.39 is 11.9 Å². The normalized spacial score (nSPS) is 10.1. The van der Waals surface area contributed by atoms with Crippen LogP contribution >= 0.6 is 11.6 Å². The van der Waals surface area contributed by atoms with Crippen LogP contribution in [-0.2, 0) is 20.7 Å². The Labute approximate surface area is 134 Å². The number of hydrogen-bond acceptors (Lipinski definition) is 3. The molecule has 0 heterocycles. The van der Waals surface area contributed by atoms with E-state index in [2.05, 4.69) is 5.32 Å². The molecule has 0 aromatic heterocycles. The Morgan fingerprint density at radius 2 is 1.77 bits per heavy atom. The lowest BCUT2D eigenvalue weighted by atomic mass is 10.1. The van der Waals surface area contributed by atoms with Crippen LogP contribution in [0.15, 0.2) is 48.5 Å². The van der Waals surface area contributed by atoms with Gasteiger partial charge in [0.05, 0.1) is 17.1 Å². The van der Waals surface area contributed by atoms with E-state index in [1.54, 1.807) is 24.3 Å². The third-order valence-electron chi connectivity index (χ3n) is 3.11. The van der Waals surface area contributed by atoms with Gasteiger partial charge in [0, 0.05) is 0 Å².